The number of allylic oxidation sites excluding steroid dienone is 4. The van der Waals surface area contributed by atoms with Gasteiger partial charge in [0.25, 0.3) is 0 Å². The molecule has 2 fully saturated rings. The average Bonchev–Trinajstić information content (AvgIpc) is 2.96. The van der Waals surface area contributed by atoms with Crippen LogP contribution in [-0.4, -0.2) is 7.11 Å². The monoisotopic (exact) mass is 266 g/mol. The summed E-state index contributed by atoms with van der Waals surface area (Å²) in [5, 5.41) is 0. The number of ether oxygens (including phenoxy) is 1. The summed E-state index contributed by atoms with van der Waals surface area (Å²) in [5.41, 5.74) is 0. The largest absolute Gasteiger partial charge is 0.500 e. The van der Waals surface area contributed by atoms with Gasteiger partial charge < -0.3 is 4.74 Å². The molecule has 2 heteroatoms. The van der Waals surface area contributed by atoms with Crippen LogP contribution in [0.4, 0.5) is 0 Å². The second-order valence-electron chi connectivity index (χ2n) is 3.49. The molecule has 17 heavy (non-hydrogen) atoms. The van der Waals surface area contributed by atoms with Crippen molar-refractivity contribution in [2.24, 2.45) is 0 Å². The van der Waals surface area contributed by atoms with E-state index in [4.69, 9.17) is 4.74 Å². The first kappa shape index (κ1) is 14.9. The molecule has 1 nitrogen and oxygen atoms in total. The molecule has 0 atom stereocenters. The Morgan fingerprint density at radius 1 is 1.00 bits per heavy atom. The van der Waals surface area contributed by atoms with E-state index in [1.807, 2.05) is 50.7 Å². The van der Waals surface area contributed by atoms with Crippen LogP contribution in [0.15, 0.2) is 24.0 Å². The summed E-state index contributed by atoms with van der Waals surface area (Å²) in [4.78, 5) is 0. The van der Waals surface area contributed by atoms with Gasteiger partial charge in [-0.05, 0) is 57.4 Å². The molecule has 2 rings (SSSR count). The topological polar surface area (TPSA) is 9.23 Å². The molecule has 0 unspecified atom stereocenters. The Labute approximate surface area is 116 Å². The number of methoxy groups -OCH3 is 1. The Kier molecular flexibility index (Phi) is 6.99. The second kappa shape index (κ2) is 8.00. The standard InChI is InChI=1S/C15H14O.Fe/c1-16-15(14-10-4-5-11-14)12-6-9-13-7-2-3-8-13;/h2-12H,1H3;/b9-6-,15-12+;. The molecule has 0 saturated heterocycles. The van der Waals surface area contributed by atoms with E-state index >= 15 is 0 Å². The van der Waals surface area contributed by atoms with Gasteiger partial charge in [-0.15, -0.1) is 0 Å². The van der Waals surface area contributed by atoms with Gasteiger partial charge in [0.05, 0.1) is 7.11 Å². The van der Waals surface area contributed by atoms with Crippen LogP contribution in [0.1, 0.15) is 0 Å². The number of rotatable bonds is 4. The fourth-order valence-corrected chi connectivity index (χ4v) is 1.57. The molecule has 0 aliphatic heterocycles. The van der Waals surface area contributed by atoms with Crippen LogP contribution in [0.3, 0.4) is 0 Å². The van der Waals surface area contributed by atoms with E-state index in [0.717, 1.165) is 11.7 Å². The first-order valence-electron chi connectivity index (χ1n) is 5.26. The zero-order valence-corrected chi connectivity index (χ0v) is 10.7. The summed E-state index contributed by atoms with van der Waals surface area (Å²) >= 11 is 0. The molecule has 10 radical (unpaired) electrons. The Balaban J connectivity index is 0.00000144. The van der Waals surface area contributed by atoms with Gasteiger partial charge in [0, 0.05) is 28.9 Å². The Bertz CT molecular complexity index is 258. The minimum absolute atomic E-state index is 0. The maximum Gasteiger partial charge on any atom is 0.103 e. The molecule has 0 aromatic carbocycles. The normalized spacial score (nSPS) is 23.2. The van der Waals surface area contributed by atoms with E-state index in [1.165, 1.54) is 5.92 Å². The van der Waals surface area contributed by atoms with Gasteiger partial charge in [0.15, 0.2) is 0 Å². The van der Waals surface area contributed by atoms with Gasteiger partial charge in [0.2, 0.25) is 0 Å². The molecule has 2 aliphatic rings. The Morgan fingerprint density at radius 3 is 2.18 bits per heavy atom. The molecular formula is C15H14FeO. The van der Waals surface area contributed by atoms with Gasteiger partial charge in [-0.25, -0.2) is 0 Å². The van der Waals surface area contributed by atoms with Crippen molar-refractivity contribution in [3.63, 3.8) is 0 Å². The van der Waals surface area contributed by atoms with Crippen LogP contribution in [0, 0.1) is 63.2 Å². The molecule has 0 spiro atoms. The quantitative estimate of drug-likeness (QED) is 0.432. The molecule has 0 heterocycles. The zero-order chi connectivity index (χ0) is 11.2. The minimum atomic E-state index is 0. The second-order valence-corrected chi connectivity index (χ2v) is 3.49. The van der Waals surface area contributed by atoms with Crippen molar-refractivity contribution in [2.75, 3.05) is 7.11 Å². The van der Waals surface area contributed by atoms with Crippen LogP contribution >= 0.6 is 0 Å². The van der Waals surface area contributed by atoms with Gasteiger partial charge in [-0.1, -0.05) is 12.2 Å². The van der Waals surface area contributed by atoms with E-state index < -0.39 is 0 Å². The van der Waals surface area contributed by atoms with E-state index in [2.05, 4.69) is 18.9 Å². The third kappa shape index (κ3) is 4.52. The fraction of sp³-hybridized carbons (Fsp3) is 0.0667. The molecule has 0 aromatic rings. The first-order chi connectivity index (χ1) is 7.90. The Morgan fingerprint density at radius 2 is 1.59 bits per heavy atom. The predicted octanol–water partition coefficient (Wildman–Crippen LogP) is 2.88. The van der Waals surface area contributed by atoms with Crippen molar-refractivity contribution in [3.8, 4) is 0 Å². The van der Waals surface area contributed by atoms with Gasteiger partial charge in [-0.2, -0.15) is 0 Å². The molecule has 2 saturated carbocycles. The third-order valence-electron chi connectivity index (χ3n) is 2.39. The number of hydrogen-bond acceptors (Lipinski definition) is 1. The summed E-state index contributed by atoms with van der Waals surface area (Å²) in [6, 6.07) is 0. The summed E-state index contributed by atoms with van der Waals surface area (Å²) in [5.74, 6) is 3.19. The van der Waals surface area contributed by atoms with Gasteiger partial charge in [0.1, 0.15) is 5.76 Å². The van der Waals surface area contributed by atoms with Crippen molar-refractivity contribution >= 4 is 0 Å². The van der Waals surface area contributed by atoms with Crippen LogP contribution in [0.25, 0.3) is 0 Å². The van der Waals surface area contributed by atoms with Crippen molar-refractivity contribution in [1.29, 1.82) is 0 Å². The summed E-state index contributed by atoms with van der Waals surface area (Å²) in [7, 11) is 1.69. The van der Waals surface area contributed by atoms with Crippen LogP contribution in [0.2, 0.25) is 0 Å². The molecule has 0 aromatic heterocycles. The SMILES string of the molecule is CO/C(=C/C=C\[C]1[CH][CH][CH][CH]1)[C]1[CH][CH][CH][CH]1.[Fe]. The smallest absolute Gasteiger partial charge is 0.103 e. The van der Waals surface area contributed by atoms with E-state index in [-0.39, 0.29) is 17.1 Å². The third-order valence-corrected chi connectivity index (χ3v) is 2.39. The molecule has 0 N–H and O–H groups in total. The minimum Gasteiger partial charge on any atom is -0.500 e. The fourth-order valence-electron chi connectivity index (χ4n) is 1.57. The summed E-state index contributed by atoms with van der Waals surface area (Å²) in [6.07, 6.45) is 22.3. The molecular weight excluding hydrogens is 252 g/mol. The van der Waals surface area contributed by atoms with Crippen LogP contribution < -0.4 is 0 Å². The van der Waals surface area contributed by atoms with E-state index in [0.29, 0.717) is 0 Å². The first-order valence-corrected chi connectivity index (χ1v) is 5.26. The predicted molar refractivity (Wildman–Crippen MR) is 65.1 cm³/mol. The van der Waals surface area contributed by atoms with Crippen molar-refractivity contribution < 1.29 is 21.8 Å². The maximum atomic E-state index is 5.32. The molecule has 2 aliphatic carbocycles. The summed E-state index contributed by atoms with van der Waals surface area (Å²) < 4.78 is 5.32. The van der Waals surface area contributed by atoms with Crippen molar-refractivity contribution in [2.45, 2.75) is 0 Å². The molecule has 0 amide bonds. The van der Waals surface area contributed by atoms with Crippen LogP contribution in [0.5, 0.6) is 0 Å². The summed E-state index contributed by atoms with van der Waals surface area (Å²) in [6.45, 7) is 0. The number of hydrogen-bond donors (Lipinski definition) is 0. The van der Waals surface area contributed by atoms with Crippen molar-refractivity contribution in [3.05, 3.63) is 87.2 Å². The maximum absolute atomic E-state index is 5.32. The van der Waals surface area contributed by atoms with Gasteiger partial charge in [-0.3, -0.25) is 0 Å². The van der Waals surface area contributed by atoms with Crippen LogP contribution in [-0.2, 0) is 21.8 Å². The molecule has 0 bridgehead atoms. The van der Waals surface area contributed by atoms with E-state index in [1.54, 1.807) is 7.11 Å². The van der Waals surface area contributed by atoms with Gasteiger partial charge >= 0.3 is 0 Å². The average molecular weight is 266 g/mol. The van der Waals surface area contributed by atoms with Crippen molar-refractivity contribution in [1.82, 2.24) is 0 Å². The molecule has 88 valence electrons. The zero-order valence-electron chi connectivity index (χ0n) is 9.61. The Hall–Kier alpha value is -0.201. The van der Waals surface area contributed by atoms with E-state index in [9.17, 15) is 0 Å².